The fraction of sp³-hybridized carbons (Fsp3) is 0.969. The fourth-order valence-electron chi connectivity index (χ4n) is 5.14. The largest absolute Gasteiger partial charge is 0.481 e. The summed E-state index contributed by atoms with van der Waals surface area (Å²) >= 11 is 3.51. The van der Waals surface area contributed by atoms with Crippen molar-refractivity contribution in [2.75, 3.05) is 5.33 Å². The number of carbonyl (C=O) groups is 1. The van der Waals surface area contributed by atoms with E-state index < -0.39 is 5.97 Å². The minimum absolute atomic E-state index is 0.346. The van der Waals surface area contributed by atoms with Gasteiger partial charge in [0.15, 0.2) is 0 Å². The smallest absolute Gasteiger partial charge is 0.303 e. The number of carboxylic acid groups (broad SMARTS) is 1. The van der Waals surface area contributed by atoms with E-state index in [1.165, 1.54) is 179 Å². The molecule has 0 heterocycles. The number of carboxylic acids is 1. The Bertz CT molecular complexity index is 399. The summed E-state index contributed by atoms with van der Waals surface area (Å²) in [5, 5.41) is 9.80. The van der Waals surface area contributed by atoms with Crippen molar-refractivity contribution >= 4 is 21.9 Å². The summed E-state index contributed by atoms with van der Waals surface area (Å²) in [7, 11) is 0. The predicted octanol–water partition coefficient (Wildman–Crippen LogP) is 12.2. The third-order valence-corrected chi connectivity index (χ3v) is 8.09. The second-order valence-corrected chi connectivity index (χ2v) is 11.9. The summed E-state index contributed by atoms with van der Waals surface area (Å²) in [6.45, 7) is 0. The lowest BCUT2D eigenvalue weighted by molar-refractivity contribution is -0.137. The lowest BCUT2D eigenvalue weighted by Crippen LogP contribution is -1.93. The van der Waals surface area contributed by atoms with E-state index in [0.717, 1.165) is 12.8 Å². The molecular weight excluding hydrogens is 496 g/mol. The number of halogens is 1. The number of aliphatic carboxylic acids is 1. The molecule has 0 amide bonds. The van der Waals surface area contributed by atoms with Gasteiger partial charge < -0.3 is 5.11 Å². The number of alkyl halides is 1. The molecule has 0 bridgehead atoms. The van der Waals surface area contributed by atoms with Crippen LogP contribution in [-0.4, -0.2) is 16.4 Å². The normalized spacial score (nSPS) is 11.3. The predicted molar refractivity (Wildman–Crippen MR) is 160 cm³/mol. The summed E-state index contributed by atoms with van der Waals surface area (Å²) in [6.07, 6.45) is 40.8. The van der Waals surface area contributed by atoms with Gasteiger partial charge in [0.2, 0.25) is 0 Å². The highest BCUT2D eigenvalue weighted by Crippen LogP contribution is 2.16. The molecule has 0 aliphatic carbocycles. The molecule has 0 spiro atoms. The Morgan fingerprint density at radius 3 is 0.686 bits per heavy atom. The Kier molecular flexibility index (Phi) is 31.9. The maximum Gasteiger partial charge on any atom is 0.303 e. The van der Waals surface area contributed by atoms with Crippen molar-refractivity contribution in [3.63, 3.8) is 0 Å². The highest BCUT2D eigenvalue weighted by Gasteiger charge is 1.98. The van der Waals surface area contributed by atoms with Crippen LogP contribution in [0.15, 0.2) is 0 Å². The molecule has 0 aromatic rings. The molecule has 0 unspecified atom stereocenters. The summed E-state index contributed by atoms with van der Waals surface area (Å²) in [5.74, 6) is -0.649. The Balaban J connectivity index is 3.01. The molecule has 210 valence electrons. The first-order chi connectivity index (χ1) is 17.3. The van der Waals surface area contributed by atoms with Gasteiger partial charge in [0.1, 0.15) is 0 Å². The molecule has 0 aliphatic rings. The molecule has 0 fully saturated rings. The molecule has 2 nitrogen and oxygen atoms in total. The zero-order chi connectivity index (χ0) is 25.5. The van der Waals surface area contributed by atoms with E-state index in [1.807, 2.05) is 0 Å². The molecule has 0 aromatic carbocycles. The van der Waals surface area contributed by atoms with Crippen LogP contribution in [-0.2, 0) is 4.79 Å². The zero-order valence-corrected chi connectivity index (χ0v) is 25.2. The topological polar surface area (TPSA) is 37.3 Å². The minimum Gasteiger partial charge on any atom is -0.481 e. The number of rotatable bonds is 31. The quantitative estimate of drug-likeness (QED) is 0.0677. The summed E-state index contributed by atoms with van der Waals surface area (Å²) in [6, 6.07) is 0. The van der Waals surface area contributed by atoms with E-state index in [4.69, 9.17) is 5.11 Å². The molecule has 0 rings (SSSR count). The van der Waals surface area contributed by atoms with Gasteiger partial charge in [0.25, 0.3) is 0 Å². The van der Waals surface area contributed by atoms with Crippen LogP contribution in [0.2, 0.25) is 0 Å². The molecule has 0 aromatic heterocycles. The van der Waals surface area contributed by atoms with Crippen molar-refractivity contribution in [3.05, 3.63) is 0 Å². The monoisotopic (exact) mass is 558 g/mol. The van der Waals surface area contributed by atoms with Gasteiger partial charge in [-0.25, -0.2) is 0 Å². The third-order valence-electron chi connectivity index (χ3n) is 7.52. The van der Waals surface area contributed by atoms with Crippen molar-refractivity contribution in [1.29, 1.82) is 0 Å². The average molecular weight is 560 g/mol. The lowest BCUT2D eigenvalue weighted by atomic mass is 10.0. The summed E-state index contributed by atoms with van der Waals surface area (Å²) in [5.41, 5.74) is 0. The van der Waals surface area contributed by atoms with Crippen molar-refractivity contribution in [1.82, 2.24) is 0 Å². The number of hydrogen-bond acceptors (Lipinski definition) is 1. The molecule has 0 atom stereocenters. The molecule has 0 saturated carbocycles. The van der Waals surface area contributed by atoms with E-state index in [0.29, 0.717) is 6.42 Å². The van der Waals surface area contributed by atoms with Crippen LogP contribution in [0.5, 0.6) is 0 Å². The molecule has 0 aliphatic heterocycles. The van der Waals surface area contributed by atoms with Crippen molar-refractivity contribution < 1.29 is 9.90 Å². The molecule has 0 radical (unpaired) electrons. The molecule has 1 N–H and O–H groups in total. The molecule has 35 heavy (non-hydrogen) atoms. The standard InChI is InChI=1S/C32H63BrO2/c33-31-29-27-25-23-21-19-17-15-13-11-9-7-5-3-1-2-4-6-8-10-12-14-16-18-20-22-24-26-28-30-32(34)35/h1-31H2,(H,34,35). The summed E-state index contributed by atoms with van der Waals surface area (Å²) < 4.78 is 0. The van der Waals surface area contributed by atoms with Gasteiger partial charge in [-0.05, 0) is 12.8 Å². The van der Waals surface area contributed by atoms with E-state index in [-0.39, 0.29) is 0 Å². The van der Waals surface area contributed by atoms with Gasteiger partial charge in [0, 0.05) is 11.8 Å². The fourth-order valence-corrected chi connectivity index (χ4v) is 5.54. The first-order valence-corrected chi connectivity index (χ1v) is 17.2. The van der Waals surface area contributed by atoms with Crippen molar-refractivity contribution in [2.24, 2.45) is 0 Å². The second-order valence-electron chi connectivity index (χ2n) is 11.1. The van der Waals surface area contributed by atoms with E-state index in [9.17, 15) is 4.79 Å². The van der Waals surface area contributed by atoms with E-state index in [1.54, 1.807) is 0 Å². The molecular formula is C32H63BrO2. The van der Waals surface area contributed by atoms with Gasteiger partial charge in [0.05, 0.1) is 0 Å². The van der Waals surface area contributed by atoms with Crippen LogP contribution in [0.1, 0.15) is 193 Å². The second kappa shape index (κ2) is 32.0. The Hall–Kier alpha value is -0.0500. The third kappa shape index (κ3) is 34.0. The van der Waals surface area contributed by atoms with Crippen LogP contribution < -0.4 is 0 Å². The first-order valence-electron chi connectivity index (χ1n) is 16.0. The Morgan fingerprint density at radius 1 is 0.343 bits per heavy atom. The Morgan fingerprint density at radius 2 is 0.514 bits per heavy atom. The van der Waals surface area contributed by atoms with Crippen LogP contribution in [0.3, 0.4) is 0 Å². The van der Waals surface area contributed by atoms with Crippen molar-refractivity contribution in [2.45, 2.75) is 193 Å². The van der Waals surface area contributed by atoms with Crippen LogP contribution in [0.25, 0.3) is 0 Å². The first kappa shape index (κ1) is 35.0. The lowest BCUT2D eigenvalue weighted by Gasteiger charge is -2.04. The zero-order valence-electron chi connectivity index (χ0n) is 23.7. The minimum atomic E-state index is -0.649. The number of hydrogen-bond donors (Lipinski definition) is 1. The van der Waals surface area contributed by atoms with Crippen LogP contribution in [0.4, 0.5) is 0 Å². The van der Waals surface area contributed by atoms with Crippen molar-refractivity contribution in [3.8, 4) is 0 Å². The van der Waals surface area contributed by atoms with Crippen LogP contribution in [0, 0.1) is 0 Å². The van der Waals surface area contributed by atoms with E-state index >= 15 is 0 Å². The average Bonchev–Trinajstić information content (AvgIpc) is 2.85. The Labute approximate surface area is 229 Å². The van der Waals surface area contributed by atoms with E-state index in [2.05, 4.69) is 15.9 Å². The van der Waals surface area contributed by atoms with Gasteiger partial charge in [-0.15, -0.1) is 0 Å². The van der Waals surface area contributed by atoms with Crippen LogP contribution >= 0.6 is 15.9 Å². The van der Waals surface area contributed by atoms with Gasteiger partial charge in [-0.3, -0.25) is 4.79 Å². The maximum absolute atomic E-state index is 10.5. The van der Waals surface area contributed by atoms with Gasteiger partial charge >= 0.3 is 5.97 Å². The molecule has 3 heteroatoms. The van der Waals surface area contributed by atoms with Gasteiger partial charge in [-0.2, -0.15) is 0 Å². The number of unbranched alkanes of at least 4 members (excludes halogenated alkanes) is 28. The SMILES string of the molecule is O=C(O)CCCCCCCCCCCCCCCCCCCCCCCCCCCCCCCBr. The highest BCUT2D eigenvalue weighted by atomic mass is 79.9. The summed E-state index contributed by atoms with van der Waals surface area (Å²) in [4.78, 5) is 10.5. The van der Waals surface area contributed by atoms with Gasteiger partial charge in [-0.1, -0.05) is 189 Å². The molecule has 0 saturated heterocycles. The maximum atomic E-state index is 10.5. The highest BCUT2D eigenvalue weighted by molar-refractivity contribution is 9.09.